The normalized spacial score (nSPS) is 15.0. The van der Waals surface area contributed by atoms with Crippen LogP contribution in [-0.4, -0.2) is 45.8 Å². The minimum atomic E-state index is -1.34. The maximum Gasteiger partial charge on any atom is 0.328 e. The Morgan fingerprint density at radius 2 is 1.83 bits per heavy atom. The molecule has 0 aliphatic heterocycles. The van der Waals surface area contributed by atoms with Crippen molar-refractivity contribution < 1.29 is 29.7 Å². The Bertz CT molecular complexity index is 812. The van der Waals surface area contributed by atoms with Crippen molar-refractivity contribution in [1.82, 2.24) is 5.32 Å². The molecular formula is C22H29NO6. The summed E-state index contributed by atoms with van der Waals surface area (Å²) in [6.07, 6.45) is 5.18. The van der Waals surface area contributed by atoms with Gasteiger partial charge in [-0.05, 0) is 49.3 Å². The maximum atomic E-state index is 12.1. The first-order valence-electron chi connectivity index (χ1n) is 9.39. The second kappa shape index (κ2) is 11.2. The van der Waals surface area contributed by atoms with Gasteiger partial charge in [0.05, 0.1) is 6.61 Å². The molecule has 0 aromatic heterocycles. The van der Waals surface area contributed by atoms with Crippen LogP contribution in [-0.2, 0) is 14.4 Å². The van der Waals surface area contributed by atoms with Crippen molar-refractivity contribution in [1.29, 1.82) is 0 Å². The van der Waals surface area contributed by atoms with E-state index in [-0.39, 0.29) is 11.8 Å². The van der Waals surface area contributed by atoms with Crippen molar-refractivity contribution in [2.45, 2.75) is 46.1 Å². The van der Waals surface area contributed by atoms with Crippen LogP contribution in [0.1, 0.15) is 49.8 Å². The van der Waals surface area contributed by atoms with E-state index < -0.39 is 30.5 Å². The highest BCUT2D eigenvalue weighted by molar-refractivity contribution is 5.95. The fourth-order valence-corrected chi connectivity index (χ4v) is 3.16. The van der Waals surface area contributed by atoms with Crippen LogP contribution in [0.4, 0.5) is 0 Å². The molecule has 3 atom stereocenters. The molecule has 1 rings (SSSR count). The first kappa shape index (κ1) is 24.1. The van der Waals surface area contributed by atoms with E-state index in [1.165, 1.54) is 0 Å². The van der Waals surface area contributed by atoms with Crippen molar-refractivity contribution in [2.75, 3.05) is 6.61 Å². The minimum absolute atomic E-state index is 0.0192. The Balaban J connectivity index is 2.90. The Labute approximate surface area is 170 Å². The van der Waals surface area contributed by atoms with Crippen LogP contribution < -0.4 is 5.32 Å². The third-order valence-electron chi connectivity index (χ3n) is 4.58. The van der Waals surface area contributed by atoms with Crippen molar-refractivity contribution >= 4 is 23.9 Å². The molecule has 0 fully saturated rings. The number of aliphatic hydroxyl groups excluding tert-OH is 1. The van der Waals surface area contributed by atoms with E-state index in [4.69, 9.17) is 15.3 Å². The SMILES string of the molecule is CC(=C[C@H](C)C[C@H](C)c1ccc(C)cc1C=CC(=O)O)C(=O)N[C@@H](CO)C(=O)O. The summed E-state index contributed by atoms with van der Waals surface area (Å²) in [5.41, 5.74) is 3.27. The van der Waals surface area contributed by atoms with Gasteiger partial charge in [-0.3, -0.25) is 4.79 Å². The number of aliphatic carboxylic acids is 2. The van der Waals surface area contributed by atoms with Gasteiger partial charge < -0.3 is 20.6 Å². The molecule has 0 aliphatic carbocycles. The molecule has 1 aromatic carbocycles. The summed E-state index contributed by atoms with van der Waals surface area (Å²) in [7, 11) is 0. The van der Waals surface area contributed by atoms with Gasteiger partial charge >= 0.3 is 11.9 Å². The van der Waals surface area contributed by atoms with Crippen LogP contribution in [0.25, 0.3) is 6.08 Å². The lowest BCUT2D eigenvalue weighted by Gasteiger charge is -2.19. The number of rotatable bonds is 10. The second-order valence-electron chi connectivity index (χ2n) is 7.31. The average Bonchev–Trinajstić information content (AvgIpc) is 2.63. The summed E-state index contributed by atoms with van der Waals surface area (Å²) in [5, 5.41) is 29.1. The van der Waals surface area contributed by atoms with Gasteiger partial charge in [0, 0.05) is 11.6 Å². The number of hydrogen-bond donors (Lipinski definition) is 4. The molecule has 1 amide bonds. The number of benzene rings is 1. The van der Waals surface area contributed by atoms with Crippen LogP contribution in [0, 0.1) is 12.8 Å². The molecule has 0 radical (unpaired) electrons. The number of allylic oxidation sites excluding steroid dienone is 1. The second-order valence-corrected chi connectivity index (χ2v) is 7.31. The van der Waals surface area contributed by atoms with Gasteiger partial charge in [-0.2, -0.15) is 0 Å². The number of hydrogen-bond acceptors (Lipinski definition) is 4. The van der Waals surface area contributed by atoms with Gasteiger partial charge in [0.2, 0.25) is 5.91 Å². The lowest BCUT2D eigenvalue weighted by molar-refractivity contribution is -0.142. The molecule has 29 heavy (non-hydrogen) atoms. The van der Waals surface area contributed by atoms with Crippen molar-refractivity contribution in [3.63, 3.8) is 0 Å². The van der Waals surface area contributed by atoms with Crippen molar-refractivity contribution in [2.24, 2.45) is 5.92 Å². The molecule has 158 valence electrons. The Morgan fingerprint density at radius 3 is 2.38 bits per heavy atom. The number of aliphatic hydroxyl groups is 1. The molecule has 7 heteroatoms. The number of nitrogens with one attached hydrogen (secondary N) is 1. The molecule has 0 saturated carbocycles. The predicted octanol–water partition coefficient (Wildman–Crippen LogP) is 2.73. The van der Waals surface area contributed by atoms with Gasteiger partial charge in [0.1, 0.15) is 0 Å². The van der Waals surface area contributed by atoms with Gasteiger partial charge in [0.25, 0.3) is 0 Å². The van der Waals surface area contributed by atoms with Crippen LogP contribution in [0.15, 0.2) is 35.9 Å². The highest BCUT2D eigenvalue weighted by Crippen LogP contribution is 2.29. The van der Waals surface area contributed by atoms with E-state index in [0.717, 1.165) is 22.8 Å². The number of carboxylic acid groups (broad SMARTS) is 2. The highest BCUT2D eigenvalue weighted by atomic mass is 16.4. The van der Waals surface area contributed by atoms with Crippen LogP contribution in [0.3, 0.4) is 0 Å². The molecule has 0 heterocycles. The number of carbonyl (C=O) groups excluding carboxylic acids is 1. The first-order valence-corrected chi connectivity index (χ1v) is 9.39. The molecule has 0 aliphatic rings. The molecule has 0 spiro atoms. The van der Waals surface area contributed by atoms with Crippen LogP contribution >= 0.6 is 0 Å². The van der Waals surface area contributed by atoms with Crippen molar-refractivity contribution in [3.05, 3.63) is 52.6 Å². The van der Waals surface area contributed by atoms with Gasteiger partial charge in [-0.15, -0.1) is 0 Å². The summed E-state index contributed by atoms with van der Waals surface area (Å²) in [4.78, 5) is 33.9. The van der Waals surface area contributed by atoms with E-state index in [2.05, 4.69) is 5.32 Å². The summed E-state index contributed by atoms with van der Waals surface area (Å²) in [6, 6.07) is 4.56. The number of carbonyl (C=O) groups is 3. The molecule has 1 aromatic rings. The summed E-state index contributed by atoms with van der Waals surface area (Å²) in [6.45, 7) is 6.85. The molecular weight excluding hydrogens is 374 g/mol. The van der Waals surface area contributed by atoms with Crippen molar-refractivity contribution in [3.8, 4) is 0 Å². The topological polar surface area (TPSA) is 124 Å². The van der Waals surface area contributed by atoms with Gasteiger partial charge in [-0.1, -0.05) is 43.7 Å². The van der Waals surface area contributed by atoms with E-state index in [1.54, 1.807) is 19.1 Å². The average molecular weight is 403 g/mol. The highest BCUT2D eigenvalue weighted by Gasteiger charge is 2.20. The molecule has 0 saturated heterocycles. The Morgan fingerprint density at radius 1 is 1.17 bits per heavy atom. The minimum Gasteiger partial charge on any atom is -0.480 e. The number of aryl methyl sites for hydroxylation is 1. The zero-order valence-corrected chi connectivity index (χ0v) is 17.2. The standard InChI is InChI=1S/C22H29NO6/c1-13-5-7-18(17(11-13)6-8-20(25)26)15(3)9-14(2)10-16(4)21(27)23-19(12-24)22(28)29/h5-8,10-11,14-15,19,24H,9,12H2,1-4H3,(H,23,27)(H,25,26)(H,28,29)/t14-,15+,19+/m1/s1. The van der Waals surface area contributed by atoms with E-state index in [0.29, 0.717) is 12.0 Å². The molecule has 7 nitrogen and oxygen atoms in total. The van der Waals surface area contributed by atoms with Crippen LogP contribution in [0.5, 0.6) is 0 Å². The Hall–Kier alpha value is -2.93. The summed E-state index contributed by atoms with van der Waals surface area (Å²) >= 11 is 0. The quantitative estimate of drug-likeness (QED) is 0.445. The smallest absolute Gasteiger partial charge is 0.328 e. The van der Waals surface area contributed by atoms with E-state index in [1.807, 2.05) is 39.0 Å². The monoisotopic (exact) mass is 403 g/mol. The molecule has 0 bridgehead atoms. The zero-order chi connectivity index (χ0) is 22.1. The van der Waals surface area contributed by atoms with Crippen LogP contribution in [0.2, 0.25) is 0 Å². The summed E-state index contributed by atoms with van der Waals surface area (Å²) < 4.78 is 0. The Kier molecular flexibility index (Phi) is 9.28. The summed E-state index contributed by atoms with van der Waals surface area (Å²) in [5.74, 6) is -2.71. The van der Waals surface area contributed by atoms with Gasteiger partial charge in [0.15, 0.2) is 6.04 Å². The third-order valence-corrected chi connectivity index (χ3v) is 4.58. The third kappa shape index (κ3) is 7.91. The predicted molar refractivity (Wildman–Crippen MR) is 110 cm³/mol. The number of amides is 1. The molecule has 4 N–H and O–H groups in total. The van der Waals surface area contributed by atoms with Gasteiger partial charge in [-0.25, -0.2) is 9.59 Å². The fraction of sp³-hybridized carbons (Fsp3) is 0.409. The zero-order valence-electron chi connectivity index (χ0n) is 17.2. The fourth-order valence-electron chi connectivity index (χ4n) is 3.16. The molecule has 0 unspecified atom stereocenters. The maximum absolute atomic E-state index is 12.1. The lowest BCUT2D eigenvalue weighted by Crippen LogP contribution is -2.43. The largest absolute Gasteiger partial charge is 0.480 e. The van der Waals surface area contributed by atoms with E-state index in [9.17, 15) is 14.4 Å². The van der Waals surface area contributed by atoms with E-state index >= 15 is 0 Å². The number of carboxylic acids is 2. The lowest BCUT2D eigenvalue weighted by atomic mass is 9.87. The first-order chi connectivity index (χ1) is 13.5.